The molecule has 0 saturated carbocycles. The molecule has 0 aromatic heterocycles. The molecule has 0 aliphatic rings. The van der Waals surface area contributed by atoms with E-state index in [1.807, 2.05) is 32.0 Å². The summed E-state index contributed by atoms with van der Waals surface area (Å²) in [5, 5.41) is 4.59. The molecule has 0 fully saturated rings. The van der Waals surface area contributed by atoms with Crippen molar-refractivity contribution in [2.24, 2.45) is 5.14 Å². The van der Waals surface area contributed by atoms with Gasteiger partial charge in [0.05, 0.1) is 0 Å². The van der Waals surface area contributed by atoms with Gasteiger partial charge in [-0.25, -0.2) is 13.6 Å². The van der Waals surface area contributed by atoms with E-state index in [1.165, 1.54) is 0 Å². The van der Waals surface area contributed by atoms with Crippen LogP contribution in [0.25, 0.3) is 0 Å². The van der Waals surface area contributed by atoms with E-state index in [1.54, 1.807) is 0 Å². The van der Waals surface area contributed by atoms with Gasteiger partial charge in [0.15, 0.2) is 0 Å². The number of primary sulfonamides is 1. The van der Waals surface area contributed by atoms with Gasteiger partial charge in [0.2, 0.25) is 10.0 Å². The Labute approximate surface area is 103 Å². The summed E-state index contributed by atoms with van der Waals surface area (Å²) < 4.78 is 23.3. The van der Waals surface area contributed by atoms with E-state index in [0.29, 0.717) is 12.8 Å². The van der Waals surface area contributed by atoms with Crippen molar-refractivity contribution in [3.63, 3.8) is 0 Å². The Kier molecular flexibility index (Phi) is 4.33. The summed E-state index contributed by atoms with van der Waals surface area (Å²) in [6.45, 7) is 3.77. The number of aryl methyl sites for hydroxylation is 2. The van der Waals surface area contributed by atoms with Crippen molar-refractivity contribution in [3.05, 3.63) is 34.9 Å². The van der Waals surface area contributed by atoms with Gasteiger partial charge in [-0.3, -0.25) is 0 Å². The lowest BCUT2D eigenvalue weighted by molar-refractivity contribution is 0.577. The standard InChI is InChI=1S/C13H17NO2S/c1-4-5-9-12(17(14,15)16)13-10(2)7-6-8-11(13)3/h1,6-8,12H,5,9H2,2-3H3,(H2,14,15,16). The van der Waals surface area contributed by atoms with Gasteiger partial charge in [0.25, 0.3) is 0 Å². The Morgan fingerprint density at radius 1 is 1.35 bits per heavy atom. The molecule has 0 aliphatic carbocycles. The summed E-state index contributed by atoms with van der Waals surface area (Å²) in [5.74, 6) is 2.46. The third kappa shape index (κ3) is 3.32. The zero-order chi connectivity index (χ0) is 13.1. The lowest BCUT2D eigenvalue weighted by atomic mass is 9.97. The molecule has 1 atom stereocenters. The molecule has 3 nitrogen and oxygen atoms in total. The van der Waals surface area contributed by atoms with E-state index in [2.05, 4.69) is 5.92 Å². The van der Waals surface area contributed by atoms with Gasteiger partial charge < -0.3 is 0 Å². The SMILES string of the molecule is C#CCCC(c1c(C)cccc1C)S(N)(=O)=O. The van der Waals surface area contributed by atoms with Crippen molar-refractivity contribution in [2.75, 3.05) is 0 Å². The second-order valence-electron chi connectivity index (χ2n) is 4.13. The molecule has 1 rings (SSSR count). The Morgan fingerprint density at radius 3 is 2.29 bits per heavy atom. The lowest BCUT2D eigenvalue weighted by Crippen LogP contribution is -2.23. The topological polar surface area (TPSA) is 60.2 Å². The fourth-order valence-electron chi connectivity index (χ4n) is 2.02. The van der Waals surface area contributed by atoms with Crippen LogP contribution < -0.4 is 5.14 Å². The molecule has 0 saturated heterocycles. The normalized spacial score (nSPS) is 13.1. The molecular formula is C13H17NO2S. The molecule has 92 valence electrons. The van der Waals surface area contributed by atoms with Crippen LogP contribution in [-0.2, 0) is 10.0 Å². The number of nitrogens with two attached hydrogens (primary N) is 1. The molecule has 0 spiro atoms. The van der Waals surface area contributed by atoms with Crippen LogP contribution >= 0.6 is 0 Å². The van der Waals surface area contributed by atoms with Gasteiger partial charge in [-0.15, -0.1) is 12.3 Å². The predicted octanol–water partition coefficient (Wildman–Crippen LogP) is 2.05. The summed E-state index contributed by atoms with van der Waals surface area (Å²) in [4.78, 5) is 0. The van der Waals surface area contributed by atoms with Crippen molar-refractivity contribution in [2.45, 2.75) is 31.9 Å². The monoisotopic (exact) mass is 251 g/mol. The lowest BCUT2D eigenvalue weighted by Gasteiger charge is -2.18. The van der Waals surface area contributed by atoms with Crippen molar-refractivity contribution in [1.82, 2.24) is 0 Å². The third-order valence-electron chi connectivity index (χ3n) is 2.81. The average Bonchev–Trinajstić information content (AvgIpc) is 2.20. The zero-order valence-corrected chi connectivity index (χ0v) is 10.9. The Hall–Kier alpha value is -1.31. The number of rotatable bonds is 4. The Morgan fingerprint density at radius 2 is 1.88 bits per heavy atom. The second kappa shape index (κ2) is 5.35. The van der Waals surface area contributed by atoms with Gasteiger partial charge in [-0.2, -0.15) is 0 Å². The van der Waals surface area contributed by atoms with Gasteiger partial charge in [-0.1, -0.05) is 18.2 Å². The molecule has 4 heteroatoms. The number of benzene rings is 1. The van der Waals surface area contributed by atoms with Crippen LogP contribution in [0.5, 0.6) is 0 Å². The average molecular weight is 251 g/mol. The first-order valence-corrected chi connectivity index (χ1v) is 7.00. The third-order valence-corrected chi connectivity index (χ3v) is 4.08. The first kappa shape index (κ1) is 13.8. The number of terminal acetylenes is 1. The van der Waals surface area contributed by atoms with Gasteiger partial charge >= 0.3 is 0 Å². The van der Waals surface area contributed by atoms with Crippen molar-refractivity contribution < 1.29 is 8.42 Å². The molecule has 1 unspecified atom stereocenters. The molecule has 0 amide bonds. The van der Waals surface area contributed by atoms with Crippen molar-refractivity contribution in [1.29, 1.82) is 0 Å². The fourth-order valence-corrected chi connectivity index (χ4v) is 3.17. The minimum Gasteiger partial charge on any atom is -0.228 e. The first-order chi connectivity index (χ1) is 7.88. The van der Waals surface area contributed by atoms with E-state index in [-0.39, 0.29) is 0 Å². The number of sulfonamides is 1. The second-order valence-corrected chi connectivity index (χ2v) is 5.87. The summed E-state index contributed by atoms with van der Waals surface area (Å²) in [6.07, 6.45) is 5.95. The van der Waals surface area contributed by atoms with E-state index in [0.717, 1.165) is 16.7 Å². The van der Waals surface area contributed by atoms with Gasteiger partial charge in [0.1, 0.15) is 5.25 Å². The molecular weight excluding hydrogens is 234 g/mol. The molecule has 1 aromatic carbocycles. The maximum Gasteiger partial charge on any atom is 0.216 e. The summed E-state index contributed by atoms with van der Waals surface area (Å²) >= 11 is 0. The van der Waals surface area contributed by atoms with Crippen LogP contribution in [0.3, 0.4) is 0 Å². The smallest absolute Gasteiger partial charge is 0.216 e. The van der Waals surface area contributed by atoms with Crippen LogP contribution in [0, 0.1) is 26.2 Å². The highest BCUT2D eigenvalue weighted by molar-refractivity contribution is 7.89. The van der Waals surface area contributed by atoms with Crippen LogP contribution in [0.15, 0.2) is 18.2 Å². The highest BCUT2D eigenvalue weighted by atomic mass is 32.2. The van der Waals surface area contributed by atoms with Crippen molar-refractivity contribution >= 4 is 10.0 Å². The molecule has 0 aliphatic heterocycles. The Balaban J connectivity index is 3.28. The minimum absolute atomic E-state index is 0.362. The highest BCUT2D eigenvalue weighted by Gasteiger charge is 2.25. The van der Waals surface area contributed by atoms with E-state index in [9.17, 15) is 8.42 Å². The van der Waals surface area contributed by atoms with Gasteiger partial charge in [-0.05, 0) is 37.0 Å². The first-order valence-electron chi connectivity index (χ1n) is 5.39. The van der Waals surface area contributed by atoms with Crippen LogP contribution in [0.4, 0.5) is 0 Å². The highest BCUT2D eigenvalue weighted by Crippen LogP contribution is 2.30. The molecule has 17 heavy (non-hydrogen) atoms. The maximum atomic E-state index is 11.7. The zero-order valence-electron chi connectivity index (χ0n) is 10.1. The number of hydrogen-bond donors (Lipinski definition) is 1. The molecule has 1 aromatic rings. The quantitative estimate of drug-likeness (QED) is 0.832. The predicted molar refractivity (Wildman–Crippen MR) is 69.8 cm³/mol. The molecule has 0 bridgehead atoms. The molecule has 0 radical (unpaired) electrons. The summed E-state index contributed by atoms with van der Waals surface area (Å²) in [7, 11) is -3.63. The maximum absolute atomic E-state index is 11.7. The molecule has 2 N–H and O–H groups in total. The van der Waals surface area contributed by atoms with Crippen LogP contribution in [-0.4, -0.2) is 8.42 Å². The largest absolute Gasteiger partial charge is 0.228 e. The minimum atomic E-state index is -3.63. The van der Waals surface area contributed by atoms with Crippen molar-refractivity contribution in [3.8, 4) is 12.3 Å². The number of hydrogen-bond acceptors (Lipinski definition) is 2. The van der Waals surface area contributed by atoms with E-state index < -0.39 is 15.3 Å². The Bertz CT molecular complexity index is 521. The summed E-state index contributed by atoms with van der Waals surface area (Å²) in [6, 6.07) is 5.67. The summed E-state index contributed by atoms with van der Waals surface area (Å²) in [5.41, 5.74) is 2.65. The molecule has 0 heterocycles. The van der Waals surface area contributed by atoms with E-state index >= 15 is 0 Å². The van der Waals surface area contributed by atoms with Crippen LogP contribution in [0.2, 0.25) is 0 Å². The fraction of sp³-hybridized carbons (Fsp3) is 0.385. The van der Waals surface area contributed by atoms with E-state index in [4.69, 9.17) is 11.6 Å². The van der Waals surface area contributed by atoms with Crippen LogP contribution in [0.1, 0.15) is 34.8 Å². The van der Waals surface area contributed by atoms with Gasteiger partial charge in [0, 0.05) is 6.42 Å².